The molecule has 9 heteroatoms. The Labute approximate surface area is 143 Å². The van der Waals surface area contributed by atoms with E-state index in [0.29, 0.717) is 24.0 Å². The van der Waals surface area contributed by atoms with E-state index in [1.54, 1.807) is 24.1 Å². The van der Waals surface area contributed by atoms with E-state index in [-0.39, 0.29) is 37.1 Å². The molecule has 2 rings (SSSR count). The molecule has 0 saturated carbocycles. The van der Waals surface area contributed by atoms with Crippen molar-refractivity contribution in [2.24, 2.45) is 5.92 Å². The molecule has 0 aliphatic carbocycles. The van der Waals surface area contributed by atoms with Gasteiger partial charge in [0.15, 0.2) is 5.13 Å². The number of rotatable bonds is 6. The van der Waals surface area contributed by atoms with Crippen LogP contribution in [0.5, 0.6) is 0 Å². The van der Waals surface area contributed by atoms with Crippen LogP contribution in [0.1, 0.15) is 26.0 Å². The number of amides is 2. The minimum Gasteiger partial charge on any atom is -0.481 e. The Morgan fingerprint density at radius 3 is 2.92 bits per heavy atom. The average Bonchev–Trinajstić information content (AvgIpc) is 2.93. The van der Waals surface area contributed by atoms with Gasteiger partial charge in [0.05, 0.1) is 31.2 Å². The van der Waals surface area contributed by atoms with Gasteiger partial charge in [0.25, 0.3) is 0 Å². The van der Waals surface area contributed by atoms with E-state index in [2.05, 4.69) is 10.3 Å². The number of aromatic nitrogens is 1. The number of carbonyl (C=O) groups excluding carboxylic acids is 2. The fourth-order valence-electron chi connectivity index (χ4n) is 2.23. The largest absolute Gasteiger partial charge is 0.481 e. The van der Waals surface area contributed by atoms with Crippen molar-refractivity contribution in [2.45, 2.75) is 32.8 Å². The molecule has 0 aromatic carbocycles. The van der Waals surface area contributed by atoms with Crippen molar-refractivity contribution in [1.82, 2.24) is 9.88 Å². The van der Waals surface area contributed by atoms with Crippen LogP contribution in [0.15, 0.2) is 5.38 Å². The standard InChI is InChI=1S/C15H21N3O5S/c1-9(2)14(22)17-15-16-10(8-24-15)5-12(19)18-3-4-23-11(7-18)6-13(20)21/h8-9,11H,3-7H2,1-2H3,(H,20,21)(H,16,17,22). The molecule has 1 saturated heterocycles. The number of thiazole rings is 1. The number of nitrogens with one attached hydrogen (secondary N) is 1. The van der Waals surface area contributed by atoms with Gasteiger partial charge >= 0.3 is 5.97 Å². The summed E-state index contributed by atoms with van der Waals surface area (Å²) in [6.45, 7) is 4.62. The Balaban J connectivity index is 1.89. The zero-order chi connectivity index (χ0) is 17.7. The average molecular weight is 355 g/mol. The highest BCUT2D eigenvalue weighted by molar-refractivity contribution is 7.13. The number of nitrogens with zero attached hydrogens (tertiary/aromatic N) is 2. The van der Waals surface area contributed by atoms with E-state index < -0.39 is 12.1 Å². The van der Waals surface area contributed by atoms with Crippen molar-refractivity contribution < 1.29 is 24.2 Å². The number of carbonyl (C=O) groups is 3. The van der Waals surface area contributed by atoms with Gasteiger partial charge in [0.1, 0.15) is 0 Å². The third-order valence-corrected chi connectivity index (χ3v) is 4.34. The summed E-state index contributed by atoms with van der Waals surface area (Å²) in [7, 11) is 0. The maximum Gasteiger partial charge on any atom is 0.306 e. The van der Waals surface area contributed by atoms with Gasteiger partial charge < -0.3 is 20.1 Å². The van der Waals surface area contributed by atoms with Crippen LogP contribution < -0.4 is 5.32 Å². The van der Waals surface area contributed by atoms with E-state index in [0.717, 1.165) is 0 Å². The molecule has 132 valence electrons. The molecule has 0 spiro atoms. The van der Waals surface area contributed by atoms with Crippen LogP contribution in [0.25, 0.3) is 0 Å². The van der Waals surface area contributed by atoms with Crippen LogP contribution >= 0.6 is 11.3 Å². The first-order valence-electron chi connectivity index (χ1n) is 7.71. The van der Waals surface area contributed by atoms with Crippen LogP contribution in [0, 0.1) is 5.92 Å². The van der Waals surface area contributed by atoms with E-state index in [9.17, 15) is 14.4 Å². The second-order valence-electron chi connectivity index (χ2n) is 5.90. The summed E-state index contributed by atoms with van der Waals surface area (Å²) in [5.74, 6) is -1.33. The number of ether oxygens (including phenoxy) is 1. The summed E-state index contributed by atoms with van der Waals surface area (Å²) in [4.78, 5) is 40.6. The molecule has 1 atom stereocenters. The van der Waals surface area contributed by atoms with Crippen molar-refractivity contribution in [3.05, 3.63) is 11.1 Å². The number of carboxylic acid groups (broad SMARTS) is 1. The van der Waals surface area contributed by atoms with Crippen molar-refractivity contribution in [2.75, 3.05) is 25.0 Å². The SMILES string of the molecule is CC(C)C(=O)Nc1nc(CC(=O)N2CCOC(CC(=O)O)C2)cs1. The molecule has 1 unspecified atom stereocenters. The third kappa shape index (κ3) is 5.27. The molecule has 2 amide bonds. The molecule has 1 aliphatic rings. The molecular formula is C15H21N3O5S. The zero-order valence-corrected chi connectivity index (χ0v) is 14.5. The Hall–Kier alpha value is -2.00. The van der Waals surface area contributed by atoms with Crippen molar-refractivity contribution in [1.29, 1.82) is 0 Å². The summed E-state index contributed by atoms with van der Waals surface area (Å²) in [6.07, 6.45) is -0.476. The molecule has 0 bridgehead atoms. The van der Waals surface area contributed by atoms with Crippen molar-refractivity contribution >= 4 is 34.3 Å². The Bertz CT molecular complexity index is 616. The Morgan fingerprint density at radius 2 is 2.25 bits per heavy atom. The predicted octanol–water partition coefficient (Wildman–Crippen LogP) is 0.982. The fourth-order valence-corrected chi connectivity index (χ4v) is 2.94. The lowest BCUT2D eigenvalue weighted by Gasteiger charge is -2.32. The summed E-state index contributed by atoms with van der Waals surface area (Å²) < 4.78 is 5.35. The number of aliphatic carboxylic acids is 1. The highest BCUT2D eigenvalue weighted by Crippen LogP contribution is 2.18. The van der Waals surface area contributed by atoms with Gasteiger partial charge in [-0.1, -0.05) is 13.8 Å². The Kier molecular flexibility index (Phi) is 6.27. The lowest BCUT2D eigenvalue weighted by Crippen LogP contribution is -2.46. The van der Waals surface area contributed by atoms with Gasteiger partial charge in [0.2, 0.25) is 11.8 Å². The lowest BCUT2D eigenvalue weighted by molar-refractivity contribution is -0.147. The van der Waals surface area contributed by atoms with Gasteiger partial charge in [-0.15, -0.1) is 11.3 Å². The molecular weight excluding hydrogens is 334 g/mol. The summed E-state index contributed by atoms with van der Waals surface area (Å²) in [5.41, 5.74) is 0.588. The maximum absolute atomic E-state index is 12.3. The van der Waals surface area contributed by atoms with Crippen molar-refractivity contribution in [3.63, 3.8) is 0 Å². The van der Waals surface area contributed by atoms with Gasteiger partial charge in [-0.3, -0.25) is 14.4 Å². The predicted molar refractivity (Wildman–Crippen MR) is 87.9 cm³/mol. The van der Waals surface area contributed by atoms with E-state index >= 15 is 0 Å². The number of anilines is 1. The maximum atomic E-state index is 12.3. The second-order valence-corrected chi connectivity index (χ2v) is 6.75. The zero-order valence-electron chi connectivity index (χ0n) is 13.7. The Morgan fingerprint density at radius 1 is 1.50 bits per heavy atom. The summed E-state index contributed by atoms with van der Waals surface area (Å²) in [6, 6.07) is 0. The normalized spacial score (nSPS) is 17.8. The van der Waals surface area contributed by atoms with E-state index in [1.165, 1.54) is 11.3 Å². The first-order valence-corrected chi connectivity index (χ1v) is 8.59. The van der Waals surface area contributed by atoms with Crippen LogP contribution in [0.3, 0.4) is 0 Å². The summed E-state index contributed by atoms with van der Waals surface area (Å²) in [5, 5.41) is 13.7. The monoisotopic (exact) mass is 355 g/mol. The van der Waals surface area contributed by atoms with Gasteiger partial charge in [0, 0.05) is 24.4 Å². The molecule has 24 heavy (non-hydrogen) atoms. The lowest BCUT2D eigenvalue weighted by atomic mass is 10.2. The van der Waals surface area contributed by atoms with Crippen LogP contribution in [0.4, 0.5) is 5.13 Å². The van der Waals surface area contributed by atoms with Gasteiger partial charge in [-0.2, -0.15) is 0 Å². The fraction of sp³-hybridized carbons (Fsp3) is 0.600. The topological polar surface area (TPSA) is 109 Å². The minimum atomic E-state index is -0.945. The number of carboxylic acids is 1. The minimum absolute atomic E-state index is 0.119. The second kappa shape index (κ2) is 8.20. The van der Waals surface area contributed by atoms with Crippen LogP contribution in [0.2, 0.25) is 0 Å². The van der Waals surface area contributed by atoms with E-state index in [1.807, 2.05) is 0 Å². The van der Waals surface area contributed by atoms with Crippen molar-refractivity contribution in [3.8, 4) is 0 Å². The molecule has 1 fully saturated rings. The molecule has 1 aromatic heterocycles. The number of morpholine rings is 1. The van der Waals surface area contributed by atoms with Crippen LogP contribution in [-0.4, -0.2) is 58.6 Å². The van der Waals surface area contributed by atoms with Gasteiger partial charge in [-0.05, 0) is 0 Å². The quantitative estimate of drug-likeness (QED) is 0.787. The molecule has 2 N–H and O–H groups in total. The highest BCUT2D eigenvalue weighted by atomic mass is 32.1. The number of hydrogen-bond donors (Lipinski definition) is 2. The van der Waals surface area contributed by atoms with Crippen LogP contribution in [-0.2, 0) is 25.5 Å². The third-order valence-electron chi connectivity index (χ3n) is 3.53. The summed E-state index contributed by atoms with van der Waals surface area (Å²) >= 11 is 1.28. The van der Waals surface area contributed by atoms with Gasteiger partial charge in [-0.25, -0.2) is 4.98 Å². The first kappa shape index (κ1) is 18.3. The highest BCUT2D eigenvalue weighted by Gasteiger charge is 2.26. The molecule has 8 nitrogen and oxygen atoms in total. The molecule has 2 heterocycles. The first-order chi connectivity index (χ1) is 11.3. The molecule has 1 aliphatic heterocycles. The smallest absolute Gasteiger partial charge is 0.306 e. The molecule has 1 aromatic rings. The van der Waals surface area contributed by atoms with E-state index in [4.69, 9.17) is 9.84 Å². The molecule has 0 radical (unpaired) electrons. The number of hydrogen-bond acceptors (Lipinski definition) is 6.